The molecule has 1 aromatic heterocycles. The maximum absolute atomic E-state index is 9.90. The summed E-state index contributed by atoms with van der Waals surface area (Å²) in [7, 11) is 0. The van der Waals surface area contributed by atoms with Crippen LogP contribution in [0.25, 0.3) is 0 Å². The largest absolute Gasteiger partial charge is 0.396 e. The molecule has 4 heteroatoms. The first kappa shape index (κ1) is 16.0. The van der Waals surface area contributed by atoms with Crippen molar-refractivity contribution in [3.63, 3.8) is 0 Å². The van der Waals surface area contributed by atoms with Gasteiger partial charge in [-0.15, -0.1) is 0 Å². The van der Waals surface area contributed by atoms with Crippen LogP contribution < -0.4 is 0 Å². The topological polar surface area (TPSA) is 41.3 Å². The fraction of sp³-hybridized carbons (Fsp3) is 0.833. The highest BCUT2D eigenvalue weighted by Gasteiger charge is 2.34. The number of aromatic nitrogens is 2. The lowest BCUT2D eigenvalue weighted by atomic mass is 9.77. The predicted molar refractivity (Wildman–Crippen MR) is 88.7 cm³/mol. The molecule has 2 heterocycles. The number of piperidine rings is 1. The molecule has 1 saturated heterocycles. The Hall–Kier alpha value is -0.870. The maximum atomic E-state index is 9.90. The second-order valence-corrected chi connectivity index (χ2v) is 7.45. The third-order valence-electron chi connectivity index (χ3n) is 5.71. The van der Waals surface area contributed by atoms with Crippen molar-refractivity contribution in [2.45, 2.75) is 70.9 Å². The van der Waals surface area contributed by atoms with Gasteiger partial charge in [0.05, 0.1) is 12.0 Å². The van der Waals surface area contributed by atoms with Crippen molar-refractivity contribution in [1.82, 2.24) is 14.5 Å². The van der Waals surface area contributed by atoms with Gasteiger partial charge in [0.15, 0.2) is 0 Å². The molecule has 0 unspecified atom stereocenters. The van der Waals surface area contributed by atoms with Crippen LogP contribution in [0.4, 0.5) is 0 Å². The number of nitrogens with zero attached hydrogens (tertiary/aromatic N) is 3. The molecule has 3 rings (SSSR count). The lowest BCUT2D eigenvalue weighted by molar-refractivity contribution is 0.0206. The lowest BCUT2D eigenvalue weighted by Crippen LogP contribution is -2.45. The predicted octanol–water partition coefficient (Wildman–Crippen LogP) is 3.37. The second-order valence-electron chi connectivity index (χ2n) is 7.45. The van der Waals surface area contributed by atoms with E-state index in [-0.39, 0.29) is 5.41 Å². The van der Waals surface area contributed by atoms with Gasteiger partial charge in [-0.3, -0.25) is 4.90 Å². The standard InChI is InChI=1S/C18H31N3O/c1-2-8-18(14-22)9-5-10-20(13-18)12-17-11-19-15-21(17)16-6-3-4-7-16/h11,15-16,22H,2-10,12-14H2,1H3/t18-/m0/s1. The van der Waals surface area contributed by atoms with Crippen LogP contribution in [0.3, 0.4) is 0 Å². The summed E-state index contributed by atoms with van der Waals surface area (Å²) >= 11 is 0. The fourth-order valence-electron chi connectivity index (χ4n) is 4.58. The molecular weight excluding hydrogens is 274 g/mol. The van der Waals surface area contributed by atoms with E-state index in [2.05, 4.69) is 21.4 Å². The van der Waals surface area contributed by atoms with Gasteiger partial charge in [0.2, 0.25) is 0 Å². The Labute approximate surface area is 134 Å². The molecular formula is C18H31N3O. The molecule has 0 spiro atoms. The van der Waals surface area contributed by atoms with Gasteiger partial charge >= 0.3 is 0 Å². The monoisotopic (exact) mass is 305 g/mol. The Kier molecular flexibility index (Phi) is 5.19. The number of likely N-dealkylation sites (tertiary alicyclic amines) is 1. The van der Waals surface area contributed by atoms with Crippen molar-refractivity contribution in [1.29, 1.82) is 0 Å². The van der Waals surface area contributed by atoms with E-state index in [1.165, 1.54) is 44.2 Å². The van der Waals surface area contributed by atoms with E-state index in [1.807, 2.05) is 12.5 Å². The summed E-state index contributed by atoms with van der Waals surface area (Å²) < 4.78 is 2.42. The van der Waals surface area contributed by atoms with Crippen molar-refractivity contribution in [2.75, 3.05) is 19.7 Å². The van der Waals surface area contributed by atoms with E-state index in [0.29, 0.717) is 12.6 Å². The van der Waals surface area contributed by atoms with Gasteiger partial charge < -0.3 is 9.67 Å². The first-order valence-corrected chi connectivity index (χ1v) is 9.10. The summed E-state index contributed by atoms with van der Waals surface area (Å²) in [5.41, 5.74) is 1.49. The van der Waals surface area contributed by atoms with Crippen molar-refractivity contribution in [2.24, 2.45) is 5.41 Å². The molecule has 124 valence electrons. The Balaban J connectivity index is 1.66. The van der Waals surface area contributed by atoms with Crippen molar-refractivity contribution >= 4 is 0 Å². The van der Waals surface area contributed by atoms with Crippen LogP contribution in [0.5, 0.6) is 0 Å². The van der Waals surface area contributed by atoms with E-state index in [4.69, 9.17) is 0 Å². The molecule has 1 aliphatic carbocycles. The first-order chi connectivity index (χ1) is 10.8. The first-order valence-electron chi connectivity index (χ1n) is 9.10. The fourth-order valence-corrected chi connectivity index (χ4v) is 4.58. The highest BCUT2D eigenvalue weighted by Crippen LogP contribution is 2.35. The van der Waals surface area contributed by atoms with Crippen LogP contribution in [-0.4, -0.2) is 39.3 Å². The maximum Gasteiger partial charge on any atom is 0.0951 e. The van der Waals surface area contributed by atoms with Crippen LogP contribution in [0, 0.1) is 5.41 Å². The van der Waals surface area contributed by atoms with Gasteiger partial charge in [-0.25, -0.2) is 4.98 Å². The molecule has 1 saturated carbocycles. The third-order valence-corrected chi connectivity index (χ3v) is 5.71. The molecule has 0 amide bonds. The van der Waals surface area contributed by atoms with E-state index >= 15 is 0 Å². The second kappa shape index (κ2) is 7.14. The minimum absolute atomic E-state index is 0.130. The van der Waals surface area contributed by atoms with E-state index in [1.54, 1.807) is 0 Å². The van der Waals surface area contributed by atoms with Crippen LogP contribution in [0.1, 0.15) is 70.0 Å². The van der Waals surface area contributed by atoms with Gasteiger partial charge in [0.25, 0.3) is 0 Å². The summed E-state index contributed by atoms with van der Waals surface area (Å²) in [6.07, 6.45) is 14.1. The molecule has 4 nitrogen and oxygen atoms in total. The molecule has 22 heavy (non-hydrogen) atoms. The van der Waals surface area contributed by atoms with Crippen molar-refractivity contribution in [3.8, 4) is 0 Å². The molecule has 0 aromatic carbocycles. The Morgan fingerprint density at radius 2 is 2.14 bits per heavy atom. The average molecular weight is 305 g/mol. The van der Waals surface area contributed by atoms with Gasteiger partial charge in [-0.1, -0.05) is 26.2 Å². The molecule has 1 aliphatic heterocycles. The zero-order chi connectivity index (χ0) is 15.4. The van der Waals surface area contributed by atoms with Crippen LogP contribution in [-0.2, 0) is 6.54 Å². The smallest absolute Gasteiger partial charge is 0.0951 e. The van der Waals surface area contributed by atoms with Gasteiger partial charge in [-0.05, 0) is 38.6 Å². The Bertz CT molecular complexity index is 463. The zero-order valence-corrected chi connectivity index (χ0v) is 14.0. The number of imidazole rings is 1. The summed E-state index contributed by atoms with van der Waals surface area (Å²) in [4.78, 5) is 6.95. The number of aliphatic hydroxyl groups excluding tert-OH is 1. The SMILES string of the molecule is CCC[C@]1(CO)CCCN(Cc2cncn2C2CCCC2)C1. The highest BCUT2D eigenvalue weighted by molar-refractivity contribution is 5.02. The summed E-state index contributed by atoms with van der Waals surface area (Å²) in [6.45, 7) is 5.74. The molecule has 2 aliphatic rings. The minimum Gasteiger partial charge on any atom is -0.396 e. The minimum atomic E-state index is 0.130. The normalized spacial score (nSPS) is 27.5. The number of hydrogen-bond acceptors (Lipinski definition) is 3. The van der Waals surface area contributed by atoms with Gasteiger partial charge in [0.1, 0.15) is 0 Å². The van der Waals surface area contributed by atoms with Crippen LogP contribution in [0.15, 0.2) is 12.5 Å². The lowest BCUT2D eigenvalue weighted by Gasteiger charge is -2.42. The van der Waals surface area contributed by atoms with Crippen molar-refractivity contribution < 1.29 is 5.11 Å². The number of aliphatic hydroxyl groups is 1. The number of hydrogen-bond donors (Lipinski definition) is 1. The number of rotatable bonds is 6. The summed E-state index contributed by atoms with van der Waals surface area (Å²) in [5.74, 6) is 0. The molecule has 1 aromatic rings. The molecule has 0 bridgehead atoms. The van der Waals surface area contributed by atoms with Gasteiger partial charge in [-0.2, -0.15) is 0 Å². The van der Waals surface area contributed by atoms with Crippen LogP contribution in [0.2, 0.25) is 0 Å². The van der Waals surface area contributed by atoms with Crippen molar-refractivity contribution in [3.05, 3.63) is 18.2 Å². The van der Waals surface area contributed by atoms with E-state index < -0.39 is 0 Å². The summed E-state index contributed by atoms with van der Waals surface area (Å²) in [6, 6.07) is 0.667. The zero-order valence-electron chi connectivity index (χ0n) is 14.0. The Morgan fingerprint density at radius 1 is 1.32 bits per heavy atom. The van der Waals surface area contributed by atoms with Crippen LogP contribution >= 0.6 is 0 Å². The molecule has 1 atom stereocenters. The Morgan fingerprint density at radius 3 is 2.86 bits per heavy atom. The average Bonchev–Trinajstić information content (AvgIpc) is 3.18. The summed E-state index contributed by atoms with van der Waals surface area (Å²) in [5, 5.41) is 9.90. The molecule has 2 fully saturated rings. The third kappa shape index (κ3) is 3.38. The van der Waals surface area contributed by atoms with E-state index in [9.17, 15) is 5.11 Å². The quantitative estimate of drug-likeness (QED) is 0.876. The molecule has 1 N–H and O–H groups in total. The van der Waals surface area contributed by atoms with E-state index in [0.717, 1.165) is 32.5 Å². The molecule has 0 radical (unpaired) electrons. The van der Waals surface area contributed by atoms with Gasteiger partial charge in [0, 0.05) is 37.4 Å². The highest BCUT2D eigenvalue weighted by atomic mass is 16.3.